The molecule has 2 fully saturated rings. The lowest BCUT2D eigenvalue weighted by atomic mass is 9.82. The molecule has 9 heteroatoms. The van der Waals surface area contributed by atoms with Crippen LogP contribution >= 0.6 is 24.0 Å². The summed E-state index contributed by atoms with van der Waals surface area (Å²) in [6.07, 6.45) is 2.02. The second-order valence-corrected chi connectivity index (χ2v) is 7.05. The summed E-state index contributed by atoms with van der Waals surface area (Å²) < 4.78 is 40.5. The van der Waals surface area contributed by atoms with E-state index in [-0.39, 0.29) is 36.1 Å². The molecule has 0 amide bonds. The summed E-state index contributed by atoms with van der Waals surface area (Å²) in [5.41, 5.74) is -0.730. The van der Waals surface area contributed by atoms with E-state index in [9.17, 15) is 13.2 Å². The van der Waals surface area contributed by atoms with Gasteiger partial charge >= 0.3 is 6.18 Å². The molecule has 2 heterocycles. The van der Waals surface area contributed by atoms with Gasteiger partial charge in [0.25, 0.3) is 0 Å². The van der Waals surface area contributed by atoms with E-state index in [1.165, 1.54) is 43.6 Å². The zero-order valence-electron chi connectivity index (χ0n) is 15.2. The van der Waals surface area contributed by atoms with Gasteiger partial charge < -0.3 is 10.2 Å². The lowest BCUT2D eigenvalue weighted by molar-refractivity contribution is -0.142. The number of halogens is 4. The molecule has 1 aromatic rings. The Hall–Kier alpha value is -1.00. The Morgan fingerprint density at radius 1 is 1.27 bits per heavy atom. The van der Waals surface area contributed by atoms with Gasteiger partial charge in [0, 0.05) is 38.4 Å². The third kappa shape index (κ3) is 4.83. The highest BCUT2D eigenvalue weighted by Gasteiger charge is 2.37. The normalized spacial score (nSPS) is 23.6. The van der Waals surface area contributed by atoms with Gasteiger partial charge in [0.05, 0.1) is 6.54 Å². The van der Waals surface area contributed by atoms with Gasteiger partial charge in [-0.2, -0.15) is 18.3 Å². The molecule has 0 radical (unpaired) electrons. The second kappa shape index (κ2) is 8.79. The molecule has 1 aromatic heterocycles. The molecule has 1 N–H and O–H groups in total. The van der Waals surface area contributed by atoms with Crippen LogP contribution in [0.1, 0.15) is 43.9 Å². The van der Waals surface area contributed by atoms with Gasteiger partial charge in [-0.3, -0.25) is 4.68 Å². The first kappa shape index (κ1) is 21.3. The summed E-state index contributed by atoms with van der Waals surface area (Å²) in [7, 11) is 1.50. The van der Waals surface area contributed by atoms with Crippen molar-refractivity contribution in [3.05, 3.63) is 17.5 Å². The van der Waals surface area contributed by atoms with E-state index in [0.29, 0.717) is 24.3 Å². The van der Waals surface area contributed by atoms with Gasteiger partial charge in [-0.25, -0.2) is 4.99 Å². The van der Waals surface area contributed by atoms with Crippen molar-refractivity contribution in [2.45, 2.75) is 45.3 Å². The summed E-state index contributed by atoms with van der Waals surface area (Å²) in [6, 6.07) is 0. The van der Waals surface area contributed by atoms with Crippen molar-refractivity contribution in [3.8, 4) is 0 Å². The van der Waals surface area contributed by atoms with E-state index >= 15 is 0 Å². The van der Waals surface area contributed by atoms with E-state index in [1.54, 1.807) is 0 Å². The number of aryl methyl sites for hydroxylation is 1. The van der Waals surface area contributed by atoms with Crippen LogP contribution in [0.15, 0.2) is 11.2 Å². The van der Waals surface area contributed by atoms with E-state index in [2.05, 4.69) is 20.3 Å². The standard InChI is InChI=1S/C17H26F3N5.HI/c1-3-21-16(25-10-12-6-4-5-7-13(12)11-25)22-8-14-9-24(2)23-15(14)17(18,19)20;/h9,12-13H,3-8,10-11H2,1-2H3,(H,21,22);1H. The van der Waals surface area contributed by atoms with Crippen LogP contribution in [0.2, 0.25) is 0 Å². The minimum Gasteiger partial charge on any atom is -0.357 e. The van der Waals surface area contributed by atoms with Crippen molar-refractivity contribution in [1.82, 2.24) is 20.0 Å². The number of rotatable bonds is 3. The van der Waals surface area contributed by atoms with E-state index in [4.69, 9.17) is 0 Å². The van der Waals surface area contributed by atoms with Crippen molar-refractivity contribution in [1.29, 1.82) is 0 Å². The number of hydrogen-bond donors (Lipinski definition) is 1. The quantitative estimate of drug-likeness (QED) is 0.404. The Bertz CT molecular complexity index is 614. The van der Waals surface area contributed by atoms with E-state index in [1.807, 2.05) is 6.92 Å². The average molecular weight is 485 g/mol. The molecular weight excluding hydrogens is 458 g/mol. The molecule has 148 valence electrons. The largest absolute Gasteiger partial charge is 0.435 e. The van der Waals surface area contributed by atoms with Gasteiger partial charge in [-0.15, -0.1) is 24.0 Å². The molecule has 2 atom stereocenters. The lowest BCUT2D eigenvalue weighted by Crippen LogP contribution is -2.40. The van der Waals surface area contributed by atoms with Gasteiger partial charge in [0.2, 0.25) is 0 Å². The van der Waals surface area contributed by atoms with Crippen LogP contribution < -0.4 is 5.32 Å². The Balaban J connectivity index is 0.00000243. The smallest absolute Gasteiger partial charge is 0.357 e. The number of nitrogens with zero attached hydrogens (tertiary/aromatic N) is 4. The zero-order valence-corrected chi connectivity index (χ0v) is 17.6. The SMILES string of the molecule is CCNC(=NCc1cn(C)nc1C(F)(F)F)N1CC2CCCCC2C1.I. The Labute approximate surface area is 169 Å². The third-order valence-corrected chi connectivity index (χ3v) is 5.18. The molecule has 2 unspecified atom stereocenters. The predicted octanol–water partition coefficient (Wildman–Crippen LogP) is 3.64. The van der Waals surface area contributed by atoms with Crippen LogP contribution in [0.25, 0.3) is 0 Å². The molecule has 1 aliphatic heterocycles. The first-order chi connectivity index (χ1) is 11.9. The minimum atomic E-state index is -4.45. The lowest BCUT2D eigenvalue weighted by Gasteiger charge is -2.22. The molecule has 0 spiro atoms. The molecule has 1 aliphatic carbocycles. The third-order valence-electron chi connectivity index (χ3n) is 5.18. The summed E-state index contributed by atoms with van der Waals surface area (Å²) in [5, 5.41) is 6.79. The predicted molar refractivity (Wildman–Crippen MR) is 105 cm³/mol. The number of alkyl halides is 3. The number of aliphatic imine (C=N–C) groups is 1. The van der Waals surface area contributed by atoms with Crippen molar-refractivity contribution < 1.29 is 13.2 Å². The molecule has 2 aliphatic rings. The monoisotopic (exact) mass is 485 g/mol. The second-order valence-electron chi connectivity index (χ2n) is 7.05. The number of aromatic nitrogens is 2. The van der Waals surface area contributed by atoms with E-state index < -0.39 is 11.9 Å². The van der Waals surface area contributed by atoms with Crippen LogP contribution in [-0.2, 0) is 19.8 Å². The Morgan fingerprint density at radius 2 is 1.88 bits per heavy atom. The topological polar surface area (TPSA) is 45.5 Å². The number of nitrogens with one attached hydrogen (secondary N) is 1. The van der Waals surface area contributed by atoms with Crippen LogP contribution in [0.3, 0.4) is 0 Å². The summed E-state index contributed by atoms with van der Waals surface area (Å²) >= 11 is 0. The van der Waals surface area contributed by atoms with Crippen LogP contribution in [-0.4, -0.2) is 40.3 Å². The Morgan fingerprint density at radius 3 is 2.42 bits per heavy atom. The molecule has 1 saturated carbocycles. The fraction of sp³-hybridized carbons (Fsp3) is 0.765. The number of fused-ring (bicyclic) bond motifs is 1. The van der Waals surface area contributed by atoms with E-state index in [0.717, 1.165) is 13.1 Å². The molecule has 1 saturated heterocycles. The van der Waals surface area contributed by atoms with Crippen molar-refractivity contribution in [2.75, 3.05) is 19.6 Å². The van der Waals surface area contributed by atoms with Crippen LogP contribution in [0.4, 0.5) is 13.2 Å². The van der Waals surface area contributed by atoms with Crippen molar-refractivity contribution in [3.63, 3.8) is 0 Å². The van der Waals surface area contributed by atoms with Crippen LogP contribution in [0.5, 0.6) is 0 Å². The highest BCUT2D eigenvalue weighted by Crippen LogP contribution is 2.36. The number of guanidine groups is 1. The molecule has 5 nitrogen and oxygen atoms in total. The maximum atomic E-state index is 13.1. The molecular formula is C17H27F3IN5. The highest BCUT2D eigenvalue weighted by atomic mass is 127. The van der Waals surface area contributed by atoms with Crippen molar-refractivity contribution in [2.24, 2.45) is 23.9 Å². The molecule has 0 bridgehead atoms. The molecule has 26 heavy (non-hydrogen) atoms. The first-order valence-electron chi connectivity index (χ1n) is 9.01. The zero-order chi connectivity index (χ0) is 18.0. The fourth-order valence-corrected chi connectivity index (χ4v) is 4.06. The number of likely N-dealkylation sites (tertiary alicyclic amines) is 1. The van der Waals surface area contributed by atoms with Gasteiger partial charge in [0.15, 0.2) is 11.7 Å². The minimum absolute atomic E-state index is 0. The highest BCUT2D eigenvalue weighted by molar-refractivity contribution is 14.0. The average Bonchev–Trinajstić information content (AvgIpc) is 3.14. The maximum Gasteiger partial charge on any atom is 0.435 e. The Kier molecular flexibility index (Phi) is 7.20. The number of hydrogen-bond acceptors (Lipinski definition) is 2. The van der Waals surface area contributed by atoms with Gasteiger partial charge in [-0.1, -0.05) is 12.8 Å². The van der Waals surface area contributed by atoms with Gasteiger partial charge in [-0.05, 0) is 31.6 Å². The summed E-state index contributed by atoms with van der Waals surface area (Å²) in [5.74, 6) is 2.11. The van der Waals surface area contributed by atoms with Gasteiger partial charge in [0.1, 0.15) is 0 Å². The maximum absolute atomic E-state index is 13.1. The van der Waals surface area contributed by atoms with Crippen LogP contribution in [0, 0.1) is 11.8 Å². The van der Waals surface area contributed by atoms with Crippen molar-refractivity contribution >= 4 is 29.9 Å². The summed E-state index contributed by atoms with van der Waals surface area (Å²) in [6.45, 7) is 4.57. The summed E-state index contributed by atoms with van der Waals surface area (Å²) in [4.78, 5) is 6.71. The molecule has 3 rings (SSSR count). The molecule has 0 aromatic carbocycles. The fourth-order valence-electron chi connectivity index (χ4n) is 4.06. The first-order valence-corrected chi connectivity index (χ1v) is 9.01.